The van der Waals surface area contributed by atoms with Crippen LogP contribution in [0.25, 0.3) is 0 Å². The first-order chi connectivity index (χ1) is 8.61. The van der Waals surface area contributed by atoms with Gasteiger partial charge in [0.2, 0.25) is 0 Å². The van der Waals surface area contributed by atoms with Crippen LogP contribution in [0.1, 0.15) is 17.3 Å². The lowest BCUT2D eigenvalue weighted by molar-refractivity contribution is 0.0697. The van der Waals surface area contributed by atoms with Crippen molar-refractivity contribution in [3.8, 4) is 0 Å². The Morgan fingerprint density at radius 3 is 2.56 bits per heavy atom. The molecular weight excluding hydrogens is 230 g/mol. The van der Waals surface area contributed by atoms with Gasteiger partial charge in [-0.1, -0.05) is 6.92 Å². The van der Waals surface area contributed by atoms with E-state index in [4.69, 9.17) is 10.8 Å². The van der Waals surface area contributed by atoms with Crippen molar-refractivity contribution in [1.29, 1.82) is 0 Å². The SMILES string of the molecule is CCN1CCN(c2cc(C(=O)O)ccc2N)CC1. The van der Waals surface area contributed by atoms with E-state index in [1.54, 1.807) is 18.2 Å². The first kappa shape index (κ1) is 12.7. The maximum Gasteiger partial charge on any atom is 0.335 e. The minimum Gasteiger partial charge on any atom is -0.478 e. The molecule has 2 rings (SSSR count). The summed E-state index contributed by atoms with van der Waals surface area (Å²) >= 11 is 0. The number of nitrogens with zero attached hydrogens (tertiary/aromatic N) is 2. The largest absolute Gasteiger partial charge is 0.478 e. The third kappa shape index (κ3) is 2.56. The Bertz CT molecular complexity index is 440. The number of hydrogen-bond acceptors (Lipinski definition) is 4. The van der Waals surface area contributed by atoms with Crippen LogP contribution in [0, 0.1) is 0 Å². The van der Waals surface area contributed by atoms with E-state index in [0.29, 0.717) is 5.69 Å². The number of hydrogen-bond donors (Lipinski definition) is 2. The third-order valence-electron chi connectivity index (χ3n) is 3.44. The molecular formula is C13H19N3O2. The molecule has 0 saturated carbocycles. The van der Waals surface area contributed by atoms with Crippen molar-refractivity contribution >= 4 is 17.3 Å². The predicted molar refractivity (Wildman–Crippen MR) is 72.1 cm³/mol. The summed E-state index contributed by atoms with van der Waals surface area (Å²) in [5.74, 6) is -0.913. The first-order valence-corrected chi connectivity index (χ1v) is 6.22. The number of benzene rings is 1. The monoisotopic (exact) mass is 249 g/mol. The summed E-state index contributed by atoms with van der Waals surface area (Å²) in [6.45, 7) is 6.97. The fourth-order valence-corrected chi connectivity index (χ4v) is 2.26. The molecule has 0 amide bonds. The van der Waals surface area contributed by atoms with Gasteiger partial charge in [-0.3, -0.25) is 0 Å². The van der Waals surface area contributed by atoms with E-state index in [9.17, 15) is 4.79 Å². The van der Waals surface area contributed by atoms with Crippen molar-refractivity contribution in [3.63, 3.8) is 0 Å². The zero-order chi connectivity index (χ0) is 13.1. The second-order valence-corrected chi connectivity index (χ2v) is 4.50. The topological polar surface area (TPSA) is 69.8 Å². The standard InChI is InChI=1S/C13H19N3O2/c1-2-15-5-7-16(8-6-15)12-9-10(13(17)18)3-4-11(12)14/h3-4,9H,2,5-8,14H2,1H3,(H,17,18). The Hall–Kier alpha value is -1.75. The van der Waals surface area contributed by atoms with Gasteiger partial charge in [-0.05, 0) is 24.7 Å². The summed E-state index contributed by atoms with van der Waals surface area (Å²) in [4.78, 5) is 15.5. The molecule has 1 aliphatic heterocycles. The number of carbonyl (C=O) groups is 1. The average Bonchev–Trinajstić information content (AvgIpc) is 2.39. The van der Waals surface area contributed by atoms with E-state index < -0.39 is 5.97 Å². The van der Waals surface area contributed by atoms with Crippen LogP contribution in [-0.2, 0) is 0 Å². The fourth-order valence-electron chi connectivity index (χ4n) is 2.26. The van der Waals surface area contributed by atoms with Crippen LogP contribution in [-0.4, -0.2) is 48.7 Å². The van der Waals surface area contributed by atoms with Gasteiger partial charge in [-0.2, -0.15) is 0 Å². The lowest BCUT2D eigenvalue weighted by Gasteiger charge is -2.36. The Kier molecular flexibility index (Phi) is 3.72. The lowest BCUT2D eigenvalue weighted by Crippen LogP contribution is -2.46. The Balaban J connectivity index is 2.18. The van der Waals surface area contributed by atoms with Crippen LogP contribution in [0.3, 0.4) is 0 Å². The second kappa shape index (κ2) is 5.27. The van der Waals surface area contributed by atoms with Gasteiger partial charge in [-0.25, -0.2) is 4.79 Å². The summed E-state index contributed by atoms with van der Waals surface area (Å²) in [6.07, 6.45) is 0. The summed E-state index contributed by atoms with van der Waals surface area (Å²) in [6, 6.07) is 4.88. The number of nitrogen functional groups attached to an aromatic ring is 1. The number of anilines is 2. The predicted octanol–water partition coefficient (Wildman–Crippen LogP) is 1.11. The van der Waals surface area contributed by atoms with Gasteiger partial charge in [0, 0.05) is 26.2 Å². The number of piperazine rings is 1. The van der Waals surface area contributed by atoms with Crippen LogP contribution in [0.15, 0.2) is 18.2 Å². The molecule has 0 bridgehead atoms. The van der Waals surface area contributed by atoms with Gasteiger partial charge in [0.25, 0.3) is 0 Å². The minimum atomic E-state index is -0.913. The zero-order valence-corrected chi connectivity index (χ0v) is 10.6. The molecule has 5 heteroatoms. The quantitative estimate of drug-likeness (QED) is 0.785. The summed E-state index contributed by atoms with van der Waals surface area (Å²) in [5.41, 5.74) is 7.71. The zero-order valence-electron chi connectivity index (χ0n) is 10.6. The molecule has 0 unspecified atom stereocenters. The number of carboxylic acids is 1. The molecule has 1 aromatic carbocycles. The van der Waals surface area contributed by atoms with Crippen molar-refractivity contribution in [3.05, 3.63) is 23.8 Å². The highest BCUT2D eigenvalue weighted by Crippen LogP contribution is 2.25. The van der Waals surface area contributed by atoms with Gasteiger partial charge >= 0.3 is 5.97 Å². The number of rotatable bonds is 3. The molecule has 18 heavy (non-hydrogen) atoms. The van der Waals surface area contributed by atoms with Crippen molar-refractivity contribution in [1.82, 2.24) is 4.90 Å². The van der Waals surface area contributed by atoms with Crippen LogP contribution in [0.2, 0.25) is 0 Å². The summed E-state index contributed by atoms with van der Waals surface area (Å²) in [7, 11) is 0. The molecule has 5 nitrogen and oxygen atoms in total. The van der Waals surface area contributed by atoms with E-state index in [1.807, 2.05) is 0 Å². The smallest absolute Gasteiger partial charge is 0.335 e. The Morgan fingerprint density at radius 2 is 2.00 bits per heavy atom. The number of nitrogens with two attached hydrogens (primary N) is 1. The molecule has 1 saturated heterocycles. The Labute approximate surface area is 107 Å². The molecule has 0 aromatic heterocycles. The van der Waals surface area contributed by atoms with Gasteiger partial charge < -0.3 is 20.6 Å². The van der Waals surface area contributed by atoms with Crippen molar-refractivity contribution in [2.24, 2.45) is 0 Å². The van der Waals surface area contributed by atoms with Crippen LogP contribution in [0.5, 0.6) is 0 Å². The molecule has 1 aliphatic rings. The van der Waals surface area contributed by atoms with Crippen molar-refractivity contribution in [2.75, 3.05) is 43.4 Å². The molecule has 1 heterocycles. The summed E-state index contributed by atoms with van der Waals surface area (Å²) < 4.78 is 0. The van der Waals surface area contributed by atoms with E-state index >= 15 is 0 Å². The van der Waals surface area contributed by atoms with Crippen LogP contribution >= 0.6 is 0 Å². The van der Waals surface area contributed by atoms with Crippen molar-refractivity contribution in [2.45, 2.75) is 6.92 Å². The van der Waals surface area contributed by atoms with Gasteiger partial charge in [0.05, 0.1) is 16.9 Å². The van der Waals surface area contributed by atoms with E-state index in [1.165, 1.54) is 0 Å². The Morgan fingerprint density at radius 1 is 1.33 bits per heavy atom. The number of carboxylic acid groups (broad SMARTS) is 1. The highest BCUT2D eigenvalue weighted by Gasteiger charge is 2.18. The fraction of sp³-hybridized carbons (Fsp3) is 0.462. The van der Waals surface area contributed by atoms with E-state index in [0.717, 1.165) is 38.4 Å². The van der Waals surface area contributed by atoms with Crippen molar-refractivity contribution < 1.29 is 9.90 Å². The lowest BCUT2D eigenvalue weighted by atomic mass is 10.1. The highest BCUT2D eigenvalue weighted by molar-refractivity contribution is 5.90. The number of aromatic carboxylic acids is 1. The molecule has 3 N–H and O–H groups in total. The molecule has 0 atom stereocenters. The van der Waals surface area contributed by atoms with Gasteiger partial charge in [0.1, 0.15) is 0 Å². The van der Waals surface area contributed by atoms with E-state index in [2.05, 4.69) is 16.7 Å². The molecule has 1 fully saturated rings. The minimum absolute atomic E-state index is 0.289. The molecule has 98 valence electrons. The molecule has 1 aromatic rings. The maximum atomic E-state index is 11.0. The van der Waals surface area contributed by atoms with Crippen LogP contribution in [0.4, 0.5) is 11.4 Å². The van der Waals surface area contributed by atoms with Gasteiger partial charge in [-0.15, -0.1) is 0 Å². The van der Waals surface area contributed by atoms with Crippen LogP contribution < -0.4 is 10.6 Å². The molecule has 0 spiro atoms. The maximum absolute atomic E-state index is 11.0. The highest BCUT2D eigenvalue weighted by atomic mass is 16.4. The normalized spacial score (nSPS) is 16.8. The molecule has 0 aliphatic carbocycles. The molecule has 0 radical (unpaired) electrons. The average molecular weight is 249 g/mol. The number of likely N-dealkylation sites (N-methyl/N-ethyl adjacent to an activating group) is 1. The summed E-state index contributed by atoms with van der Waals surface area (Å²) in [5, 5.41) is 9.01. The van der Waals surface area contributed by atoms with Gasteiger partial charge in [0.15, 0.2) is 0 Å². The first-order valence-electron chi connectivity index (χ1n) is 6.22. The second-order valence-electron chi connectivity index (χ2n) is 4.50. The van der Waals surface area contributed by atoms with E-state index in [-0.39, 0.29) is 5.56 Å². The third-order valence-corrected chi connectivity index (χ3v) is 3.44.